The number of amides is 3. The first-order valence-electron chi connectivity index (χ1n) is 6.34. The van der Waals surface area contributed by atoms with Crippen LogP contribution in [0.5, 0.6) is 17.2 Å². The van der Waals surface area contributed by atoms with Gasteiger partial charge in [0.05, 0.1) is 6.61 Å². The summed E-state index contributed by atoms with van der Waals surface area (Å²) in [5.74, 6) is 0.518. The number of imide groups is 1. The molecule has 1 heterocycles. The Morgan fingerprint density at radius 1 is 1.45 bits per heavy atom. The van der Waals surface area contributed by atoms with Crippen molar-refractivity contribution >= 4 is 18.0 Å². The molecular weight excluding hydrogens is 290 g/mol. The molecule has 0 atom stereocenters. The predicted octanol–water partition coefficient (Wildman–Crippen LogP) is 0.916. The number of ether oxygens (including phenoxy) is 3. The lowest BCUT2D eigenvalue weighted by Crippen LogP contribution is -2.35. The van der Waals surface area contributed by atoms with E-state index in [-0.39, 0.29) is 12.4 Å². The first-order valence-corrected chi connectivity index (χ1v) is 6.34. The van der Waals surface area contributed by atoms with Crippen LogP contribution in [0.2, 0.25) is 0 Å². The number of nitrogens with two attached hydrogens (primary N) is 1. The summed E-state index contributed by atoms with van der Waals surface area (Å²) in [6, 6.07) is 3.86. The number of nitrogens with one attached hydrogen (secondary N) is 1. The second kappa shape index (κ2) is 6.49. The molecule has 0 aromatic heterocycles. The van der Waals surface area contributed by atoms with Crippen LogP contribution in [-0.2, 0) is 4.79 Å². The highest BCUT2D eigenvalue weighted by molar-refractivity contribution is 6.08. The molecule has 0 saturated carbocycles. The molecule has 1 aromatic rings. The smallest absolute Gasteiger partial charge is 0.319 e. The van der Waals surface area contributed by atoms with Crippen LogP contribution >= 0.6 is 0 Å². The van der Waals surface area contributed by atoms with Gasteiger partial charge in [0.2, 0.25) is 6.79 Å². The van der Waals surface area contributed by atoms with E-state index in [4.69, 9.17) is 25.2 Å². The van der Waals surface area contributed by atoms with Crippen LogP contribution in [0.15, 0.2) is 17.7 Å². The highest BCUT2D eigenvalue weighted by Crippen LogP contribution is 2.39. The minimum absolute atomic E-state index is 0.0847. The van der Waals surface area contributed by atoms with Gasteiger partial charge in [0.25, 0.3) is 5.91 Å². The fraction of sp³-hybridized carbons (Fsp3) is 0.214. The van der Waals surface area contributed by atoms with Gasteiger partial charge in [-0.3, -0.25) is 10.1 Å². The second-order valence-electron chi connectivity index (χ2n) is 4.16. The van der Waals surface area contributed by atoms with E-state index in [1.807, 2.05) is 5.32 Å². The van der Waals surface area contributed by atoms with Gasteiger partial charge in [-0.15, -0.1) is 0 Å². The Morgan fingerprint density at radius 3 is 2.73 bits per heavy atom. The Bertz CT molecular complexity index is 690. The van der Waals surface area contributed by atoms with Crippen molar-refractivity contribution in [1.82, 2.24) is 5.32 Å². The summed E-state index contributed by atoms with van der Waals surface area (Å²) in [6.07, 6.45) is 1.28. The van der Waals surface area contributed by atoms with Gasteiger partial charge in [-0.05, 0) is 19.1 Å². The molecule has 1 aromatic carbocycles. The van der Waals surface area contributed by atoms with Gasteiger partial charge < -0.3 is 19.9 Å². The molecule has 0 bridgehead atoms. The number of urea groups is 1. The predicted molar refractivity (Wildman–Crippen MR) is 75.1 cm³/mol. The molecule has 8 nitrogen and oxygen atoms in total. The van der Waals surface area contributed by atoms with Crippen LogP contribution in [0.4, 0.5) is 4.79 Å². The Hall–Kier alpha value is -3.21. The number of carbonyl (C=O) groups is 2. The summed E-state index contributed by atoms with van der Waals surface area (Å²) in [6.45, 7) is 2.26. The Morgan fingerprint density at radius 2 is 2.14 bits per heavy atom. The maximum Gasteiger partial charge on any atom is 0.319 e. The van der Waals surface area contributed by atoms with Crippen LogP contribution in [-0.4, -0.2) is 25.3 Å². The van der Waals surface area contributed by atoms with Crippen LogP contribution < -0.4 is 25.3 Å². The van der Waals surface area contributed by atoms with Gasteiger partial charge in [-0.1, -0.05) is 0 Å². The number of fused-ring (bicyclic) bond motifs is 1. The quantitative estimate of drug-likeness (QED) is 0.629. The van der Waals surface area contributed by atoms with Crippen LogP contribution in [0.1, 0.15) is 12.5 Å². The fourth-order valence-corrected chi connectivity index (χ4v) is 1.82. The van der Waals surface area contributed by atoms with Crippen molar-refractivity contribution in [3.63, 3.8) is 0 Å². The maximum atomic E-state index is 11.7. The van der Waals surface area contributed by atoms with Gasteiger partial charge in [0.15, 0.2) is 11.5 Å². The first kappa shape index (κ1) is 15.2. The zero-order chi connectivity index (χ0) is 16.1. The van der Waals surface area contributed by atoms with E-state index < -0.39 is 11.9 Å². The normalized spacial score (nSPS) is 12.5. The van der Waals surface area contributed by atoms with Crippen molar-refractivity contribution in [3.8, 4) is 23.3 Å². The molecule has 22 heavy (non-hydrogen) atoms. The molecule has 0 radical (unpaired) electrons. The van der Waals surface area contributed by atoms with Crippen molar-refractivity contribution in [3.05, 3.63) is 23.3 Å². The molecule has 114 valence electrons. The molecule has 1 aliphatic heterocycles. The third-order valence-electron chi connectivity index (χ3n) is 2.71. The van der Waals surface area contributed by atoms with Gasteiger partial charge >= 0.3 is 6.03 Å². The number of nitriles is 1. The van der Waals surface area contributed by atoms with E-state index in [2.05, 4.69) is 0 Å². The number of rotatable bonds is 4. The second-order valence-corrected chi connectivity index (χ2v) is 4.16. The first-order chi connectivity index (χ1) is 10.5. The van der Waals surface area contributed by atoms with Gasteiger partial charge in [0, 0.05) is 11.6 Å². The minimum atomic E-state index is -1.04. The zero-order valence-electron chi connectivity index (χ0n) is 11.7. The van der Waals surface area contributed by atoms with Crippen LogP contribution in [0.3, 0.4) is 0 Å². The lowest BCUT2D eigenvalue weighted by Gasteiger charge is -2.09. The van der Waals surface area contributed by atoms with Crippen LogP contribution in [0.25, 0.3) is 6.08 Å². The molecule has 0 unspecified atom stereocenters. The molecule has 2 rings (SSSR count). The van der Waals surface area contributed by atoms with E-state index in [0.29, 0.717) is 29.4 Å². The largest absolute Gasteiger partial charge is 0.493 e. The molecule has 0 spiro atoms. The van der Waals surface area contributed by atoms with E-state index in [1.165, 1.54) is 6.08 Å². The van der Waals surface area contributed by atoms with E-state index in [1.54, 1.807) is 25.1 Å². The van der Waals surface area contributed by atoms with Crippen molar-refractivity contribution in [2.75, 3.05) is 13.4 Å². The Kier molecular flexibility index (Phi) is 4.48. The number of benzene rings is 1. The number of nitrogens with zero attached hydrogens (tertiary/aromatic N) is 1. The van der Waals surface area contributed by atoms with Gasteiger partial charge in [-0.2, -0.15) is 5.26 Å². The Balaban J connectivity index is 2.41. The molecule has 8 heteroatoms. The average molecular weight is 303 g/mol. The van der Waals surface area contributed by atoms with Crippen molar-refractivity contribution in [2.24, 2.45) is 5.73 Å². The summed E-state index contributed by atoms with van der Waals surface area (Å²) < 4.78 is 15.9. The molecule has 3 N–H and O–H groups in total. The highest BCUT2D eigenvalue weighted by atomic mass is 16.7. The lowest BCUT2D eigenvalue weighted by atomic mass is 10.1. The van der Waals surface area contributed by atoms with E-state index >= 15 is 0 Å². The monoisotopic (exact) mass is 303 g/mol. The third-order valence-corrected chi connectivity index (χ3v) is 2.71. The van der Waals surface area contributed by atoms with E-state index in [9.17, 15) is 9.59 Å². The molecule has 0 saturated heterocycles. The highest BCUT2D eigenvalue weighted by Gasteiger charge is 2.19. The van der Waals surface area contributed by atoms with Gasteiger partial charge in [-0.25, -0.2) is 4.79 Å². The topological polar surface area (TPSA) is 124 Å². The zero-order valence-corrected chi connectivity index (χ0v) is 11.7. The van der Waals surface area contributed by atoms with Crippen molar-refractivity contribution in [2.45, 2.75) is 6.92 Å². The molecule has 3 amide bonds. The summed E-state index contributed by atoms with van der Waals surface area (Å²) >= 11 is 0. The standard InChI is InChI=1S/C14H13N3O5/c1-2-20-10-5-12-11(21-7-22-12)4-8(10)3-9(6-15)13(18)17-14(16)19/h3-5H,2,7H2,1H3,(H3,16,17,18,19)/b9-3-. The van der Waals surface area contributed by atoms with Crippen molar-refractivity contribution < 1.29 is 23.8 Å². The lowest BCUT2D eigenvalue weighted by molar-refractivity contribution is -0.115. The molecule has 0 aliphatic carbocycles. The van der Waals surface area contributed by atoms with E-state index in [0.717, 1.165) is 0 Å². The minimum Gasteiger partial charge on any atom is -0.493 e. The summed E-state index contributed by atoms with van der Waals surface area (Å²) in [5.41, 5.74) is 5.02. The maximum absolute atomic E-state index is 11.7. The van der Waals surface area contributed by atoms with Crippen molar-refractivity contribution in [1.29, 1.82) is 5.26 Å². The molecular formula is C14H13N3O5. The molecule has 1 aliphatic rings. The Labute approximate surface area is 126 Å². The summed E-state index contributed by atoms with van der Waals surface area (Å²) in [5, 5.41) is 10.9. The number of carbonyl (C=O) groups excluding carboxylic acids is 2. The number of hydrogen-bond donors (Lipinski definition) is 2. The van der Waals surface area contributed by atoms with Crippen LogP contribution in [0, 0.1) is 11.3 Å². The molecule has 0 fully saturated rings. The number of hydrogen-bond acceptors (Lipinski definition) is 6. The summed E-state index contributed by atoms with van der Waals surface area (Å²) in [4.78, 5) is 22.4. The van der Waals surface area contributed by atoms with Gasteiger partial charge in [0.1, 0.15) is 17.4 Å². The summed E-state index contributed by atoms with van der Waals surface area (Å²) in [7, 11) is 0. The average Bonchev–Trinajstić information content (AvgIpc) is 2.91. The fourth-order valence-electron chi connectivity index (χ4n) is 1.82. The number of primary amides is 1. The SMILES string of the molecule is CCOc1cc2c(cc1/C=C(/C#N)C(=O)NC(N)=O)OCO2. The third kappa shape index (κ3) is 3.27.